The smallest absolute Gasteiger partial charge is 0.208 e. The highest BCUT2D eigenvalue weighted by Gasteiger charge is 2.24. The van der Waals surface area contributed by atoms with Crippen molar-refractivity contribution in [2.75, 3.05) is 14.1 Å². The Morgan fingerprint density at radius 2 is 2.00 bits per heavy atom. The van der Waals surface area contributed by atoms with Crippen LogP contribution in [0.1, 0.15) is 16.9 Å². The first kappa shape index (κ1) is 12.7. The van der Waals surface area contributed by atoms with Crippen molar-refractivity contribution in [3.05, 3.63) is 53.9 Å². The van der Waals surface area contributed by atoms with Crippen LogP contribution >= 0.6 is 0 Å². The van der Waals surface area contributed by atoms with Crippen LogP contribution in [0.2, 0.25) is 0 Å². The van der Waals surface area contributed by atoms with E-state index >= 15 is 0 Å². The summed E-state index contributed by atoms with van der Waals surface area (Å²) >= 11 is 0. The van der Waals surface area contributed by atoms with Crippen molar-refractivity contribution in [1.82, 2.24) is 14.7 Å². The van der Waals surface area contributed by atoms with E-state index in [1.54, 1.807) is 0 Å². The van der Waals surface area contributed by atoms with E-state index in [9.17, 15) is 4.79 Å². The molecule has 1 aromatic carbocycles. The van der Waals surface area contributed by atoms with Gasteiger partial charge in [-0.15, -0.1) is 0 Å². The van der Waals surface area contributed by atoms with E-state index in [1.165, 1.54) is 0 Å². The molecule has 0 fully saturated rings. The summed E-state index contributed by atoms with van der Waals surface area (Å²) in [4.78, 5) is 14.4. The molecule has 2 heterocycles. The second kappa shape index (κ2) is 4.96. The molecular formula is C16H17N3O. The van der Waals surface area contributed by atoms with Crippen LogP contribution in [0, 0.1) is 0 Å². The van der Waals surface area contributed by atoms with Crippen LogP contribution in [0.3, 0.4) is 0 Å². The molecule has 0 spiro atoms. The maximum Gasteiger partial charge on any atom is 0.208 e. The molecule has 0 aliphatic carbocycles. The molecule has 20 heavy (non-hydrogen) atoms. The molecule has 0 unspecified atom stereocenters. The third-order valence-electron chi connectivity index (χ3n) is 3.38. The Morgan fingerprint density at radius 1 is 1.25 bits per heavy atom. The van der Waals surface area contributed by atoms with E-state index in [-0.39, 0.29) is 5.78 Å². The lowest BCUT2D eigenvalue weighted by Crippen LogP contribution is -2.21. The molecule has 4 heteroatoms. The van der Waals surface area contributed by atoms with Gasteiger partial charge in [0.1, 0.15) is 5.69 Å². The van der Waals surface area contributed by atoms with Gasteiger partial charge in [0.15, 0.2) is 0 Å². The fourth-order valence-electron chi connectivity index (χ4n) is 2.46. The van der Waals surface area contributed by atoms with Crippen molar-refractivity contribution < 1.29 is 4.79 Å². The Kier molecular flexibility index (Phi) is 3.14. The average molecular weight is 267 g/mol. The summed E-state index contributed by atoms with van der Waals surface area (Å²) in [6.45, 7) is 0.758. The van der Waals surface area contributed by atoms with Gasteiger partial charge in [-0.25, -0.2) is 0 Å². The SMILES string of the molecule is CN(C)C=C1CCn2nc(-c3ccccc3)cc2C1=O. The van der Waals surface area contributed by atoms with Crippen LogP contribution in [-0.2, 0) is 6.54 Å². The first-order valence-corrected chi connectivity index (χ1v) is 6.70. The van der Waals surface area contributed by atoms with Gasteiger partial charge in [0, 0.05) is 38.0 Å². The normalized spacial score (nSPS) is 16.3. The topological polar surface area (TPSA) is 38.1 Å². The van der Waals surface area contributed by atoms with E-state index in [0.717, 1.165) is 29.8 Å². The van der Waals surface area contributed by atoms with Crippen molar-refractivity contribution in [2.45, 2.75) is 13.0 Å². The van der Waals surface area contributed by atoms with Crippen LogP contribution in [0.4, 0.5) is 0 Å². The molecular weight excluding hydrogens is 250 g/mol. The number of allylic oxidation sites excluding steroid dienone is 1. The lowest BCUT2D eigenvalue weighted by Gasteiger charge is -2.17. The van der Waals surface area contributed by atoms with Gasteiger partial charge in [-0.3, -0.25) is 9.48 Å². The Hall–Kier alpha value is -2.36. The van der Waals surface area contributed by atoms with Crippen molar-refractivity contribution in [2.24, 2.45) is 0 Å². The summed E-state index contributed by atoms with van der Waals surface area (Å²) in [5, 5.41) is 4.54. The van der Waals surface area contributed by atoms with Gasteiger partial charge in [0.2, 0.25) is 5.78 Å². The van der Waals surface area contributed by atoms with Gasteiger partial charge in [0.05, 0.1) is 5.69 Å². The first-order valence-electron chi connectivity index (χ1n) is 6.70. The molecule has 0 atom stereocenters. The van der Waals surface area contributed by atoms with Crippen LogP contribution in [-0.4, -0.2) is 34.6 Å². The second-order valence-corrected chi connectivity index (χ2v) is 5.20. The number of carbonyl (C=O) groups is 1. The lowest BCUT2D eigenvalue weighted by atomic mass is 10.0. The number of hydrogen-bond acceptors (Lipinski definition) is 3. The van der Waals surface area contributed by atoms with Gasteiger partial charge >= 0.3 is 0 Å². The van der Waals surface area contributed by atoms with E-state index < -0.39 is 0 Å². The zero-order valence-electron chi connectivity index (χ0n) is 11.7. The fraction of sp³-hybridized carbons (Fsp3) is 0.250. The molecule has 3 rings (SSSR count). The molecule has 0 bridgehead atoms. The highest BCUT2D eigenvalue weighted by atomic mass is 16.1. The summed E-state index contributed by atoms with van der Waals surface area (Å²) in [7, 11) is 3.86. The van der Waals surface area contributed by atoms with Crippen molar-refractivity contribution in [1.29, 1.82) is 0 Å². The number of aryl methyl sites for hydroxylation is 1. The summed E-state index contributed by atoms with van der Waals surface area (Å²) in [6, 6.07) is 11.8. The van der Waals surface area contributed by atoms with Crippen LogP contribution in [0.15, 0.2) is 48.2 Å². The highest BCUT2D eigenvalue weighted by Crippen LogP contribution is 2.25. The number of carbonyl (C=O) groups excluding carboxylic acids is 1. The van der Waals surface area contributed by atoms with Crippen molar-refractivity contribution in [3.8, 4) is 11.3 Å². The van der Waals surface area contributed by atoms with Gasteiger partial charge in [0.25, 0.3) is 0 Å². The zero-order chi connectivity index (χ0) is 14.1. The minimum Gasteiger partial charge on any atom is -0.383 e. The van der Waals surface area contributed by atoms with Crippen molar-refractivity contribution in [3.63, 3.8) is 0 Å². The predicted octanol–water partition coefficient (Wildman–Crippen LogP) is 2.58. The largest absolute Gasteiger partial charge is 0.383 e. The predicted molar refractivity (Wildman–Crippen MR) is 78.4 cm³/mol. The fourth-order valence-corrected chi connectivity index (χ4v) is 2.46. The number of fused-ring (bicyclic) bond motifs is 1. The Labute approximate surface area is 118 Å². The molecule has 0 N–H and O–H groups in total. The van der Waals surface area contributed by atoms with Gasteiger partial charge in [-0.05, 0) is 12.5 Å². The molecule has 102 valence electrons. The molecule has 0 saturated carbocycles. The summed E-state index contributed by atoms with van der Waals surface area (Å²) in [5.41, 5.74) is 3.44. The lowest BCUT2D eigenvalue weighted by molar-refractivity contribution is 0.100. The monoisotopic (exact) mass is 267 g/mol. The maximum atomic E-state index is 12.4. The molecule has 0 amide bonds. The summed E-state index contributed by atoms with van der Waals surface area (Å²) in [6.07, 6.45) is 2.64. The number of rotatable bonds is 2. The molecule has 1 aliphatic rings. The highest BCUT2D eigenvalue weighted by molar-refractivity contribution is 6.08. The van der Waals surface area contributed by atoms with Crippen LogP contribution in [0.25, 0.3) is 11.3 Å². The van der Waals surface area contributed by atoms with Gasteiger partial charge in [-0.2, -0.15) is 5.10 Å². The Morgan fingerprint density at radius 3 is 2.70 bits per heavy atom. The maximum absolute atomic E-state index is 12.4. The minimum atomic E-state index is 0.0830. The van der Waals surface area contributed by atoms with Crippen LogP contribution < -0.4 is 0 Å². The van der Waals surface area contributed by atoms with Gasteiger partial charge in [-0.1, -0.05) is 30.3 Å². The standard InChI is InChI=1S/C16H17N3O/c1-18(2)11-13-8-9-19-15(16(13)20)10-14(17-19)12-6-4-3-5-7-12/h3-7,10-11H,8-9H2,1-2H3. The van der Waals surface area contributed by atoms with Crippen LogP contribution in [0.5, 0.6) is 0 Å². The Bertz CT molecular complexity index is 668. The first-order chi connectivity index (χ1) is 9.65. The number of hydrogen-bond donors (Lipinski definition) is 0. The molecule has 0 radical (unpaired) electrons. The number of Topliss-reactive ketones (excluding diaryl/α,β-unsaturated/α-hetero) is 1. The molecule has 4 nitrogen and oxygen atoms in total. The average Bonchev–Trinajstić information content (AvgIpc) is 2.87. The molecule has 1 aromatic heterocycles. The summed E-state index contributed by atoms with van der Waals surface area (Å²) < 4.78 is 1.82. The third kappa shape index (κ3) is 2.25. The minimum absolute atomic E-state index is 0.0830. The second-order valence-electron chi connectivity index (χ2n) is 5.20. The van der Waals surface area contributed by atoms with E-state index in [4.69, 9.17) is 0 Å². The van der Waals surface area contributed by atoms with Gasteiger partial charge < -0.3 is 4.90 Å². The number of aromatic nitrogens is 2. The number of benzene rings is 1. The van der Waals surface area contributed by atoms with Crippen molar-refractivity contribution >= 4 is 5.78 Å². The zero-order valence-corrected chi connectivity index (χ0v) is 11.7. The van der Waals surface area contributed by atoms with E-state index in [0.29, 0.717) is 5.69 Å². The van der Waals surface area contributed by atoms with E-state index in [1.807, 2.05) is 66.3 Å². The number of ketones is 1. The van der Waals surface area contributed by atoms with E-state index in [2.05, 4.69) is 5.10 Å². The Balaban J connectivity index is 1.99. The molecule has 2 aromatic rings. The molecule has 0 saturated heterocycles. The quantitative estimate of drug-likeness (QED) is 0.785. The molecule has 1 aliphatic heterocycles. The third-order valence-corrected chi connectivity index (χ3v) is 3.38. The number of nitrogens with zero attached hydrogens (tertiary/aromatic N) is 3. The summed E-state index contributed by atoms with van der Waals surface area (Å²) in [5.74, 6) is 0.0830.